The molecule has 3 rings (SSSR count). The van der Waals surface area contributed by atoms with Crippen molar-refractivity contribution < 1.29 is 9.53 Å². The summed E-state index contributed by atoms with van der Waals surface area (Å²) in [5.74, 6) is 0.710. The molecule has 0 radical (unpaired) electrons. The number of carbonyl (C=O) groups is 1. The average Bonchev–Trinajstić information content (AvgIpc) is 2.84. The third kappa shape index (κ3) is 3.94. The Labute approximate surface area is 131 Å². The van der Waals surface area contributed by atoms with Crippen LogP contribution in [0.25, 0.3) is 0 Å². The summed E-state index contributed by atoms with van der Waals surface area (Å²) in [5.41, 5.74) is 0.410. The molecule has 1 aliphatic heterocycles. The predicted molar refractivity (Wildman–Crippen MR) is 83.9 cm³/mol. The summed E-state index contributed by atoms with van der Waals surface area (Å²) in [7, 11) is 0. The van der Waals surface area contributed by atoms with Gasteiger partial charge in [-0.15, -0.1) is 10.2 Å². The van der Waals surface area contributed by atoms with E-state index in [0.29, 0.717) is 38.0 Å². The SMILES string of the molecule is O=C(c1ccc(NC2CCCCCC2)nn1)N1CCOCC1. The zero-order chi connectivity index (χ0) is 15.2. The highest BCUT2D eigenvalue weighted by atomic mass is 16.5. The summed E-state index contributed by atoms with van der Waals surface area (Å²) in [5, 5.41) is 11.7. The number of carbonyl (C=O) groups excluding carboxylic acids is 1. The van der Waals surface area contributed by atoms with E-state index in [1.54, 1.807) is 11.0 Å². The lowest BCUT2D eigenvalue weighted by Gasteiger charge is -2.26. The fourth-order valence-electron chi connectivity index (χ4n) is 3.08. The van der Waals surface area contributed by atoms with E-state index < -0.39 is 0 Å². The van der Waals surface area contributed by atoms with Crippen LogP contribution >= 0.6 is 0 Å². The molecule has 1 aromatic rings. The van der Waals surface area contributed by atoms with E-state index in [1.807, 2.05) is 6.07 Å². The van der Waals surface area contributed by atoms with Gasteiger partial charge in [0.2, 0.25) is 0 Å². The normalized spacial score (nSPS) is 20.5. The Kier molecular flexibility index (Phi) is 5.21. The topological polar surface area (TPSA) is 67.4 Å². The molecule has 2 aliphatic rings. The van der Waals surface area contributed by atoms with Gasteiger partial charge in [-0.05, 0) is 25.0 Å². The lowest BCUT2D eigenvalue weighted by molar-refractivity contribution is 0.0298. The van der Waals surface area contributed by atoms with Crippen molar-refractivity contribution in [3.63, 3.8) is 0 Å². The van der Waals surface area contributed by atoms with Gasteiger partial charge < -0.3 is 15.0 Å². The van der Waals surface area contributed by atoms with Crippen LogP contribution in [0.4, 0.5) is 5.82 Å². The van der Waals surface area contributed by atoms with Gasteiger partial charge in [0.15, 0.2) is 5.69 Å². The van der Waals surface area contributed by atoms with Crippen molar-refractivity contribution in [3.8, 4) is 0 Å². The van der Waals surface area contributed by atoms with Gasteiger partial charge in [0.05, 0.1) is 13.2 Å². The molecule has 0 unspecified atom stereocenters. The maximum atomic E-state index is 12.3. The van der Waals surface area contributed by atoms with Crippen LogP contribution in [0.1, 0.15) is 49.0 Å². The molecule has 1 amide bonds. The largest absolute Gasteiger partial charge is 0.378 e. The fraction of sp³-hybridized carbons (Fsp3) is 0.688. The number of aromatic nitrogens is 2. The lowest BCUT2D eigenvalue weighted by Crippen LogP contribution is -2.41. The number of amides is 1. The fourth-order valence-corrected chi connectivity index (χ4v) is 3.08. The quantitative estimate of drug-likeness (QED) is 0.866. The molecule has 0 bridgehead atoms. The first-order valence-electron chi connectivity index (χ1n) is 8.30. The third-order valence-electron chi connectivity index (χ3n) is 4.39. The van der Waals surface area contributed by atoms with E-state index in [-0.39, 0.29) is 5.91 Å². The Morgan fingerprint density at radius 3 is 2.45 bits per heavy atom. The Morgan fingerprint density at radius 2 is 1.82 bits per heavy atom. The second-order valence-corrected chi connectivity index (χ2v) is 6.04. The van der Waals surface area contributed by atoms with Gasteiger partial charge in [-0.2, -0.15) is 0 Å². The number of ether oxygens (including phenoxy) is 1. The van der Waals surface area contributed by atoms with Gasteiger partial charge in [-0.1, -0.05) is 25.7 Å². The molecular formula is C16H24N4O2. The van der Waals surface area contributed by atoms with Crippen LogP contribution in [0, 0.1) is 0 Å². The van der Waals surface area contributed by atoms with Crippen molar-refractivity contribution in [2.45, 2.75) is 44.6 Å². The summed E-state index contributed by atoms with van der Waals surface area (Å²) >= 11 is 0. The Balaban J connectivity index is 1.58. The first kappa shape index (κ1) is 15.2. The molecule has 120 valence electrons. The molecule has 0 aromatic carbocycles. The molecule has 1 saturated heterocycles. The molecule has 1 N–H and O–H groups in total. The van der Waals surface area contributed by atoms with E-state index in [2.05, 4.69) is 15.5 Å². The molecule has 0 atom stereocenters. The van der Waals surface area contributed by atoms with Gasteiger partial charge in [-0.25, -0.2) is 0 Å². The highest BCUT2D eigenvalue weighted by Crippen LogP contribution is 2.20. The number of rotatable bonds is 3. The first-order valence-corrected chi connectivity index (χ1v) is 8.30. The standard InChI is InChI=1S/C16H24N4O2/c21-16(20-9-11-22-12-10-20)14-7-8-15(19-18-14)17-13-5-3-1-2-4-6-13/h7-8,13H,1-6,9-12H2,(H,17,19). The molecular weight excluding hydrogens is 280 g/mol. The van der Waals surface area contributed by atoms with Gasteiger partial charge in [0, 0.05) is 19.1 Å². The summed E-state index contributed by atoms with van der Waals surface area (Å²) in [6.45, 7) is 2.45. The van der Waals surface area contributed by atoms with Crippen molar-refractivity contribution >= 4 is 11.7 Å². The van der Waals surface area contributed by atoms with Crippen LogP contribution in [0.15, 0.2) is 12.1 Å². The first-order chi connectivity index (χ1) is 10.8. The van der Waals surface area contributed by atoms with E-state index in [0.717, 1.165) is 5.82 Å². The van der Waals surface area contributed by atoms with E-state index in [4.69, 9.17) is 4.74 Å². The van der Waals surface area contributed by atoms with E-state index in [9.17, 15) is 4.79 Å². The highest BCUT2D eigenvalue weighted by molar-refractivity contribution is 5.92. The smallest absolute Gasteiger partial charge is 0.274 e. The van der Waals surface area contributed by atoms with Crippen LogP contribution in [0.3, 0.4) is 0 Å². The monoisotopic (exact) mass is 304 g/mol. The lowest BCUT2D eigenvalue weighted by atomic mass is 10.1. The minimum atomic E-state index is -0.0585. The molecule has 1 aliphatic carbocycles. The minimum Gasteiger partial charge on any atom is -0.378 e. The number of morpholine rings is 1. The molecule has 2 heterocycles. The Morgan fingerprint density at radius 1 is 1.09 bits per heavy atom. The third-order valence-corrected chi connectivity index (χ3v) is 4.39. The average molecular weight is 304 g/mol. The summed E-state index contributed by atoms with van der Waals surface area (Å²) in [6.07, 6.45) is 7.59. The number of nitrogens with zero attached hydrogens (tertiary/aromatic N) is 3. The van der Waals surface area contributed by atoms with Gasteiger partial charge in [0.25, 0.3) is 5.91 Å². The van der Waals surface area contributed by atoms with Gasteiger partial charge in [-0.3, -0.25) is 4.79 Å². The Bertz CT molecular complexity index is 477. The summed E-state index contributed by atoms with van der Waals surface area (Å²) in [4.78, 5) is 14.1. The maximum Gasteiger partial charge on any atom is 0.274 e. The van der Waals surface area contributed by atoms with Crippen molar-refractivity contribution in [1.29, 1.82) is 0 Å². The molecule has 0 spiro atoms. The van der Waals surface area contributed by atoms with Crippen LogP contribution in [0.5, 0.6) is 0 Å². The molecule has 2 fully saturated rings. The number of nitrogens with one attached hydrogen (secondary N) is 1. The van der Waals surface area contributed by atoms with Crippen LogP contribution < -0.4 is 5.32 Å². The second-order valence-electron chi connectivity index (χ2n) is 6.04. The molecule has 1 saturated carbocycles. The molecule has 6 nitrogen and oxygen atoms in total. The van der Waals surface area contributed by atoms with Gasteiger partial charge >= 0.3 is 0 Å². The molecule has 22 heavy (non-hydrogen) atoms. The van der Waals surface area contributed by atoms with E-state index >= 15 is 0 Å². The maximum absolute atomic E-state index is 12.3. The summed E-state index contributed by atoms with van der Waals surface area (Å²) in [6, 6.07) is 4.12. The van der Waals surface area contributed by atoms with Crippen molar-refractivity contribution in [1.82, 2.24) is 15.1 Å². The predicted octanol–water partition coefficient (Wildman–Crippen LogP) is 2.08. The van der Waals surface area contributed by atoms with E-state index in [1.165, 1.54) is 38.5 Å². The second kappa shape index (κ2) is 7.54. The van der Waals surface area contributed by atoms with Crippen LogP contribution in [0.2, 0.25) is 0 Å². The van der Waals surface area contributed by atoms with Crippen molar-refractivity contribution in [2.75, 3.05) is 31.6 Å². The van der Waals surface area contributed by atoms with Crippen LogP contribution in [-0.4, -0.2) is 53.3 Å². The van der Waals surface area contributed by atoms with Crippen LogP contribution in [-0.2, 0) is 4.74 Å². The number of hydrogen-bond donors (Lipinski definition) is 1. The zero-order valence-corrected chi connectivity index (χ0v) is 13.0. The summed E-state index contributed by atoms with van der Waals surface area (Å²) < 4.78 is 5.26. The molecule has 6 heteroatoms. The van der Waals surface area contributed by atoms with Crippen molar-refractivity contribution in [2.24, 2.45) is 0 Å². The minimum absolute atomic E-state index is 0.0585. The van der Waals surface area contributed by atoms with Gasteiger partial charge in [0.1, 0.15) is 5.82 Å². The van der Waals surface area contributed by atoms with Crippen molar-refractivity contribution in [3.05, 3.63) is 17.8 Å². The Hall–Kier alpha value is -1.69. The molecule has 1 aromatic heterocycles. The zero-order valence-electron chi connectivity index (χ0n) is 13.0. The number of anilines is 1. The number of hydrogen-bond acceptors (Lipinski definition) is 5. The highest BCUT2D eigenvalue weighted by Gasteiger charge is 2.20.